The second-order valence-corrected chi connectivity index (χ2v) is 6.64. The van der Waals surface area contributed by atoms with E-state index in [1.165, 1.54) is 6.42 Å². The molecule has 1 aromatic rings. The minimum Gasteiger partial charge on any atom is -0.481 e. The average molecular weight is 282 g/mol. The third kappa shape index (κ3) is 2.63. The van der Waals surface area contributed by atoms with Gasteiger partial charge in [-0.05, 0) is 31.4 Å². The fraction of sp³-hybridized carbons (Fsp3) is 0.769. The van der Waals surface area contributed by atoms with E-state index < -0.39 is 5.97 Å². The molecule has 6 heteroatoms. The molecular weight excluding hydrogens is 264 g/mol. The van der Waals surface area contributed by atoms with Crippen molar-refractivity contribution >= 4 is 17.7 Å². The molecule has 104 valence electrons. The number of aromatic nitrogens is 2. The van der Waals surface area contributed by atoms with E-state index in [0.29, 0.717) is 11.1 Å². The Balaban J connectivity index is 1.78. The van der Waals surface area contributed by atoms with Crippen LogP contribution in [-0.2, 0) is 4.79 Å². The predicted molar refractivity (Wildman–Crippen MR) is 71.1 cm³/mol. The molecule has 0 spiro atoms. The van der Waals surface area contributed by atoms with Gasteiger partial charge in [0, 0.05) is 0 Å². The van der Waals surface area contributed by atoms with Crippen LogP contribution in [0.4, 0.5) is 0 Å². The lowest BCUT2D eigenvalue weighted by molar-refractivity contribution is -0.143. The van der Waals surface area contributed by atoms with Crippen molar-refractivity contribution in [2.75, 3.05) is 5.75 Å². The number of thioether (sulfide) groups is 1. The van der Waals surface area contributed by atoms with Crippen LogP contribution >= 0.6 is 11.8 Å². The van der Waals surface area contributed by atoms with Crippen molar-refractivity contribution in [1.29, 1.82) is 0 Å². The fourth-order valence-electron chi connectivity index (χ4n) is 3.03. The third-order valence-corrected chi connectivity index (χ3v) is 5.45. The predicted octanol–water partition coefficient (Wildman–Crippen LogP) is 3.00. The van der Waals surface area contributed by atoms with Crippen molar-refractivity contribution in [1.82, 2.24) is 10.1 Å². The molecule has 1 saturated carbocycles. The van der Waals surface area contributed by atoms with Crippen LogP contribution in [0.15, 0.2) is 4.52 Å². The van der Waals surface area contributed by atoms with Gasteiger partial charge in [-0.25, -0.2) is 0 Å². The van der Waals surface area contributed by atoms with Gasteiger partial charge in [0.05, 0.1) is 17.1 Å². The van der Waals surface area contributed by atoms with Gasteiger partial charge in [0.15, 0.2) is 5.82 Å². The van der Waals surface area contributed by atoms with Crippen molar-refractivity contribution in [3.63, 3.8) is 0 Å². The van der Waals surface area contributed by atoms with E-state index in [-0.39, 0.29) is 11.8 Å². The summed E-state index contributed by atoms with van der Waals surface area (Å²) in [6.45, 7) is 0. The van der Waals surface area contributed by atoms with E-state index in [0.717, 1.165) is 43.7 Å². The lowest BCUT2D eigenvalue weighted by atomic mass is 9.79. The van der Waals surface area contributed by atoms with Gasteiger partial charge in [-0.15, -0.1) is 0 Å². The first kappa shape index (κ1) is 13.0. The van der Waals surface area contributed by atoms with Gasteiger partial charge >= 0.3 is 5.97 Å². The molecule has 1 N–H and O–H groups in total. The smallest absolute Gasteiger partial charge is 0.307 e. The average Bonchev–Trinajstić information content (AvgIpc) is 3.09. The number of carbonyl (C=O) groups is 1. The van der Waals surface area contributed by atoms with Gasteiger partial charge in [0.2, 0.25) is 5.89 Å². The summed E-state index contributed by atoms with van der Waals surface area (Å²) in [6, 6.07) is 0. The standard InChI is InChI=1S/C13H18N2O3S/c16-13(17)9-5-2-1-4-8(9)12-14-11(15-18-12)10-6-3-7-19-10/h8-10H,1-7H2,(H,16,17). The van der Waals surface area contributed by atoms with Gasteiger partial charge in [0.1, 0.15) is 0 Å². The quantitative estimate of drug-likeness (QED) is 0.918. The highest BCUT2D eigenvalue weighted by Gasteiger charge is 2.36. The van der Waals surface area contributed by atoms with E-state index in [9.17, 15) is 9.90 Å². The van der Waals surface area contributed by atoms with Crippen molar-refractivity contribution in [3.05, 3.63) is 11.7 Å². The molecule has 2 aliphatic rings. The maximum atomic E-state index is 11.3. The summed E-state index contributed by atoms with van der Waals surface area (Å²) in [5.41, 5.74) is 0. The second-order valence-electron chi connectivity index (χ2n) is 5.33. The normalized spacial score (nSPS) is 31.5. The topological polar surface area (TPSA) is 76.2 Å². The maximum Gasteiger partial charge on any atom is 0.307 e. The molecule has 2 heterocycles. The first-order valence-corrected chi connectivity index (χ1v) is 7.98. The molecule has 1 saturated heterocycles. The number of carboxylic acid groups (broad SMARTS) is 1. The van der Waals surface area contributed by atoms with Crippen LogP contribution in [0.2, 0.25) is 0 Å². The number of rotatable bonds is 3. The molecule has 0 amide bonds. The number of aliphatic carboxylic acids is 1. The van der Waals surface area contributed by atoms with Crippen molar-refractivity contribution in [2.45, 2.75) is 49.7 Å². The molecular formula is C13H18N2O3S. The summed E-state index contributed by atoms with van der Waals surface area (Å²) in [5, 5.41) is 13.7. The van der Waals surface area contributed by atoms with E-state index in [4.69, 9.17) is 4.52 Å². The Bertz CT molecular complexity index is 456. The summed E-state index contributed by atoms with van der Waals surface area (Å²) in [7, 11) is 0. The molecule has 3 unspecified atom stereocenters. The van der Waals surface area contributed by atoms with Crippen molar-refractivity contribution < 1.29 is 14.4 Å². The van der Waals surface area contributed by atoms with Crippen LogP contribution in [0.3, 0.4) is 0 Å². The first-order valence-electron chi connectivity index (χ1n) is 6.93. The molecule has 0 bridgehead atoms. The lowest BCUT2D eigenvalue weighted by Crippen LogP contribution is -2.25. The van der Waals surface area contributed by atoms with Gasteiger partial charge in [0.25, 0.3) is 0 Å². The van der Waals surface area contributed by atoms with Gasteiger partial charge in [-0.1, -0.05) is 18.0 Å². The van der Waals surface area contributed by atoms with Crippen LogP contribution in [0, 0.1) is 5.92 Å². The lowest BCUT2D eigenvalue weighted by Gasteiger charge is -2.25. The Hall–Kier alpha value is -1.04. The zero-order valence-corrected chi connectivity index (χ0v) is 11.6. The van der Waals surface area contributed by atoms with E-state index in [2.05, 4.69) is 10.1 Å². The van der Waals surface area contributed by atoms with Gasteiger partial charge in [-0.2, -0.15) is 16.7 Å². The highest BCUT2D eigenvalue weighted by atomic mass is 32.2. The summed E-state index contributed by atoms with van der Waals surface area (Å²) in [4.78, 5) is 15.8. The number of nitrogens with zero attached hydrogens (tertiary/aromatic N) is 2. The molecule has 0 aromatic carbocycles. The fourth-order valence-corrected chi connectivity index (χ4v) is 4.23. The first-order chi connectivity index (χ1) is 9.25. The van der Waals surface area contributed by atoms with Crippen LogP contribution < -0.4 is 0 Å². The highest BCUT2D eigenvalue weighted by molar-refractivity contribution is 7.99. The van der Waals surface area contributed by atoms with E-state index >= 15 is 0 Å². The summed E-state index contributed by atoms with van der Waals surface area (Å²) < 4.78 is 5.36. The Morgan fingerprint density at radius 2 is 2.11 bits per heavy atom. The molecule has 3 atom stereocenters. The highest BCUT2D eigenvalue weighted by Crippen LogP contribution is 2.41. The Kier molecular flexibility index (Phi) is 3.77. The molecule has 19 heavy (non-hydrogen) atoms. The molecule has 2 fully saturated rings. The van der Waals surface area contributed by atoms with Crippen LogP contribution in [0.25, 0.3) is 0 Å². The molecule has 1 aliphatic heterocycles. The maximum absolute atomic E-state index is 11.3. The monoisotopic (exact) mass is 282 g/mol. The van der Waals surface area contributed by atoms with E-state index in [1.54, 1.807) is 0 Å². The summed E-state index contributed by atoms with van der Waals surface area (Å²) >= 11 is 1.86. The molecule has 1 aromatic heterocycles. The third-order valence-electron chi connectivity index (χ3n) is 4.08. The van der Waals surface area contributed by atoms with Gasteiger partial charge in [-0.3, -0.25) is 4.79 Å². The molecule has 3 rings (SSSR count). The van der Waals surface area contributed by atoms with Gasteiger partial charge < -0.3 is 9.63 Å². The van der Waals surface area contributed by atoms with Crippen molar-refractivity contribution in [2.24, 2.45) is 5.92 Å². The molecule has 0 radical (unpaired) electrons. The Morgan fingerprint density at radius 1 is 1.26 bits per heavy atom. The molecule has 1 aliphatic carbocycles. The largest absolute Gasteiger partial charge is 0.481 e. The minimum absolute atomic E-state index is 0.0982. The molecule has 5 nitrogen and oxygen atoms in total. The minimum atomic E-state index is -0.736. The number of hydrogen-bond acceptors (Lipinski definition) is 5. The van der Waals surface area contributed by atoms with E-state index in [1.807, 2.05) is 11.8 Å². The summed E-state index contributed by atoms with van der Waals surface area (Å²) in [5.74, 6) is 1.24. The zero-order chi connectivity index (χ0) is 13.2. The number of carboxylic acids is 1. The zero-order valence-electron chi connectivity index (χ0n) is 10.7. The Labute approximate surface area is 116 Å². The Morgan fingerprint density at radius 3 is 2.84 bits per heavy atom. The SMILES string of the molecule is O=C(O)C1CCCCC1c1nc(C2CCCS2)no1. The van der Waals surface area contributed by atoms with Crippen molar-refractivity contribution in [3.8, 4) is 0 Å². The van der Waals surface area contributed by atoms with Crippen LogP contribution in [0.5, 0.6) is 0 Å². The van der Waals surface area contributed by atoms with Crippen LogP contribution in [0.1, 0.15) is 61.4 Å². The number of hydrogen-bond donors (Lipinski definition) is 1. The van der Waals surface area contributed by atoms with Crippen LogP contribution in [-0.4, -0.2) is 27.0 Å². The second kappa shape index (κ2) is 5.53. The summed E-state index contributed by atoms with van der Waals surface area (Å²) in [6.07, 6.45) is 5.88.